The number of benzene rings is 2. The SMILES string of the molecule is Cn1cc(C2CN(C(=O)/C=C/c3cccc4ccccc34)CCO2)cn1. The fourth-order valence-electron chi connectivity index (χ4n) is 3.32. The van der Waals surface area contributed by atoms with Gasteiger partial charge in [0.1, 0.15) is 6.10 Å². The first-order valence-electron chi connectivity index (χ1n) is 8.75. The van der Waals surface area contributed by atoms with Gasteiger partial charge >= 0.3 is 0 Å². The summed E-state index contributed by atoms with van der Waals surface area (Å²) in [6, 6.07) is 14.3. The number of carbonyl (C=O) groups excluding carboxylic acids is 1. The first-order chi connectivity index (χ1) is 12.7. The topological polar surface area (TPSA) is 47.4 Å². The molecule has 0 saturated carbocycles. The molecule has 3 aromatic rings. The predicted molar refractivity (Wildman–Crippen MR) is 101 cm³/mol. The van der Waals surface area contributed by atoms with Crippen molar-refractivity contribution < 1.29 is 9.53 Å². The fourth-order valence-corrected chi connectivity index (χ4v) is 3.32. The van der Waals surface area contributed by atoms with Crippen LogP contribution in [0, 0.1) is 0 Å². The Morgan fingerprint density at radius 2 is 2.08 bits per heavy atom. The normalized spacial score (nSPS) is 17.9. The smallest absolute Gasteiger partial charge is 0.246 e. The maximum absolute atomic E-state index is 12.7. The van der Waals surface area contributed by atoms with Gasteiger partial charge in [-0.05, 0) is 22.4 Å². The molecule has 1 aliphatic heterocycles. The Kier molecular flexibility index (Phi) is 4.54. The lowest BCUT2D eigenvalue weighted by Gasteiger charge is -2.31. The van der Waals surface area contributed by atoms with Gasteiger partial charge in [0, 0.05) is 31.4 Å². The molecule has 4 rings (SSSR count). The molecule has 5 nitrogen and oxygen atoms in total. The van der Waals surface area contributed by atoms with Gasteiger partial charge in [0.2, 0.25) is 5.91 Å². The fraction of sp³-hybridized carbons (Fsp3) is 0.238. The molecule has 1 atom stereocenters. The molecule has 1 aliphatic rings. The molecular formula is C21H21N3O2. The first-order valence-corrected chi connectivity index (χ1v) is 8.75. The van der Waals surface area contributed by atoms with Gasteiger partial charge in [0.25, 0.3) is 0 Å². The van der Waals surface area contributed by atoms with Gasteiger partial charge in [-0.1, -0.05) is 42.5 Å². The molecule has 0 radical (unpaired) electrons. The molecule has 0 aliphatic carbocycles. The van der Waals surface area contributed by atoms with Crippen LogP contribution in [0.1, 0.15) is 17.2 Å². The van der Waals surface area contributed by atoms with Crippen molar-refractivity contribution in [3.63, 3.8) is 0 Å². The molecule has 1 unspecified atom stereocenters. The number of nitrogens with zero attached hydrogens (tertiary/aromatic N) is 3. The molecule has 1 amide bonds. The molecule has 5 heteroatoms. The quantitative estimate of drug-likeness (QED) is 0.684. The number of ether oxygens (including phenoxy) is 1. The second-order valence-corrected chi connectivity index (χ2v) is 6.49. The van der Waals surface area contributed by atoms with E-state index in [1.807, 2.05) is 48.5 Å². The Morgan fingerprint density at radius 1 is 1.23 bits per heavy atom. The molecule has 26 heavy (non-hydrogen) atoms. The number of aryl methyl sites for hydroxylation is 1. The van der Waals surface area contributed by atoms with Crippen LogP contribution in [-0.2, 0) is 16.6 Å². The summed E-state index contributed by atoms with van der Waals surface area (Å²) in [5.74, 6) is 0.00937. The molecule has 1 saturated heterocycles. The summed E-state index contributed by atoms with van der Waals surface area (Å²) in [7, 11) is 1.88. The molecule has 2 aromatic carbocycles. The zero-order valence-electron chi connectivity index (χ0n) is 14.7. The summed E-state index contributed by atoms with van der Waals surface area (Å²) in [5, 5.41) is 6.50. The van der Waals surface area contributed by atoms with Crippen LogP contribution in [0.15, 0.2) is 60.9 Å². The zero-order valence-corrected chi connectivity index (χ0v) is 14.7. The van der Waals surface area contributed by atoms with Crippen LogP contribution in [0.5, 0.6) is 0 Å². The average molecular weight is 347 g/mol. The maximum Gasteiger partial charge on any atom is 0.246 e. The van der Waals surface area contributed by atoms with E-state index in [1.165, 1.54) is 5.39 Å². The lowest BCUT2D eigenvalue weighted by atomic mass is 10.0. The van der Waals surface area contributed by atoms with E-state index >= 15 is 0 Å². The highest BCUT2D eigenvalue weighted by Crippen LogP contribution is 2.23. The second-order valence-electron chi connectivity index (χ2n) is 6.49. The largest absolute Gasteiger partial charge is 0.370 e. The summed E-state index contributed by atoms with van der Waals surface area (Å²) in [6.45, 7) is 1.69. The number of morpholine rings is 1. The van der Waals surface area contributed by atoms with Crippen molar-refractivity contribution in [3.05, 3.63) is 72.1 Å². The van der Waals surface area contributed by atoms with Gasteiger partial charge in [-0.25, -0.2) is 0 Å². The molecule has 1 aromatic heterocycles. The van der Waals surface area contributed by atoms with Crippen molar-refractivity contribution in [2.24, 2.45) is 7.05 Å². The van der Waals surface area contributed by atoms with E-state index < -0.39 is 0 Å². The van der Waals surface area contributed by atoms with Crippen molar-refractivity contribution in [2.75, 3.05) is 19.7 Å². The average Bonchev–Trinajstić information content (AvgIpc) is 3.12. The predicted octanol–water partition coefficient (Wildman–Crippen LogP) is 3.19. The van der Waals surface area contributed by atoms with Crippen molar-refractivity contribution in [3.8, 4) is 0 Å². The van der Waals surface area contributed by atoms with E-state index in [2.05, 4.69) is 23.3 Å². The maximum atomic E-state index is 12.7. The number of carbonyl (C=O) groups is 1. The highest BCUT2D eigenvalue weighted by atomic mass is 16.5. The van der Waals surface area contributed by atoms with Crippen LogP contribution < -0.4 is 0 Å². The van der Waals surface area contributed by atoms with E-state index in [4.69, 9.17) is 4.74 Å². The summed E-state index contributed by atoms with van der Waals surface area (Å²) >= 11 is 0. The van der Waals surface area contributed by atoms with Gasteiger partial charge in [-0.2, -0.15) is 5.10 Å². The minimum absolute atomic E-state index is 0.00937. The molecule has 0 bridgehead atoms. The lowest BCUT2D eigenvalue weighted by Crippen LogP contribution is -2.41. The number of rotatable bonds is 3. The monoisotopic (exact) mass is 347 g/mol. The van der Waals surface area contributed by atoms with Crippen LogP contribution >= 0.6 is 0 Å². The minimum Gasteiger partial charge on any atom is -0.370 e. The van der Waals surface area contributed by atoms with Gasteiger partial charge < -0.3 is 9.64 Å². The van der Waals surface area contributed by atoms with Gasteiger partial charge in [-0.15, -0.1) is 0 Å². The number of aromatic nitrogens is 2. The second kappa shape index (κ2) is 7.14. The van der Waals surface area contributed by atoms with Crippen LogP contribution in [0.25, 0.3) is 16.8 Å². The summed E-state index contributed by atoms with van der Waals surface area (Å²) < 4.78 is 7.56. The lowest BCUT2D eigenvalue weighted by molar-refractivity contribution is -0.133. The van der Waals surface area contributed by atoms with E-state index in [0.717, 1.165) is 16.5 Å². The van der Waals surface area contributed by atoms with Crippen LogP contribution in [-0.4, -0.2) is 40.3 Å². The first kappa shape index (κ1) is 16.5. The summed E-state index contributed by atoms with van der Waals surface area (Å²) in [4.78, 5) is 14.5. The third kappa shape index (κ3) is 3.39. The zero-order chi connectivity index (χ0) is 17.9. The van der Waals surface area contributed by atoms with Crippen LogP contribution in [0.3, 0.4) is 0 Å². The minimum atomic E-state index is -0.118. The number of amides is 1. The molecular weight excluding hydrogens is 326 g/mol. The van der Waals surface area contributed by atoms with Crippen molar-refractivity contribution in [1.82, 2.24) is 14.7 Å². The standard InChI is InChI=1S/C21H21N3O2/c1-23-14-18(13-22-23)20-15-24(11-12-26-20)21(25)10-9-17-7-4-6-16-5-2-3-8-19(16)17/h2-10,13-14,20H,11-12,15H2,1H3/b10-9+. The van der Waals surface area contributed by atoms with Gasteiger partial charge in [-0.3, -0.25) is 9.48 Å². The van der Waals surface area contributed by atoms with Crippen molar-refractivity contribution in [2.45, 2.75) is 6.10 Å². The summed E-state index contributed by atoms with van der Waals surface area (Å²) in [5.41, 5.74) is 2.05. The highest BCUT2D eigenvalue weighted by molar-refractivity contribution is 5.96. The third-order valence-electron chi connectivity index (χ3n) is 4.70. The summed E-state index contributed by atoms with van der Waals surface area (Å²) in [6.07, 6.45) is 7.18. The Morgan fingerprint density at radius 3 is 2.92 bits per heavy atom. The van der Waals surface area contributed by atoms with E-state index in [1.54, 1.807) is 17.0 Å². The number of fused-ring (bicyclic) bond motifs is 1. The van der Waals surface area contributed by atoms with E-state index in [0.29, 0.717) is 19.7 Å². The third-order valence-corrected chi connectivity index (χ3v) is 4.70. The molecule has 2 heterocycles. The molecule has 1 fully saturated rings. The molecule has 0 spiro atoms. The molecule has 132 valence electrons. The highest BCUT2D eigenvalue weighted by Gasteiger charge is 2.25. The Labute approximate surface area is 152 Å². The molecule has 0 N–H and O–H groups in total. The van der Waals surface area contributed by atoms with Crippen molar-refractivity contribution >= 4 is 22.8 Å². The number of hydrogen-bond donors (Lipinski definition) is 0. The van der Waals surface area contributed by atoms with Gasteiger partial charge in [0.05, 0.1) is 19.3 Å². The van der Waals surface area contributed by atoms with Crippen molar-refractivity contribution in [1.29, 1.82) is 0 Å². The van der Waals surface area contributed by atoms with E-state index in [-0.39, 0.29) is 12.0 Å². The van der Waals surface area contributed by atoms with Crippen LogP contribution in [0.4, 0.5) is 0 Å². The Balaban J connectivity index is 1.49. The van der Waals surface area contributed by atoms with Crippen LogP contribution in [0.2, 0.25) is 0 Å². The Bertz CT molecular complexity index is 955. The van der Waals surface area contributed by atoms with Gasteiger partial charge in [0.15, 0.2) is 0 Å². The van der Waals surface area contributed by atoms with E-state index in [9.17, 15) is 4.79 Å². The Hall–Kier alpha value is -2.92. The number of hydrogen-bond acceptors (Lipinski definition) is 3.